The molecule has 0 radical (unpaired) electrons. The number of sulfonamides is 1. The van der Waals surface area contributed by atoms with E-state index in [1.165, 1.54) is 12.1 Å². The molecule has 44 heavy (non-hydrogen) atoms. The van der Waals surface area contributed by atoms with Crippen molar-refractivity contribution in [1.82, 2.24) is 14.5 Å². The molecule has 1 aliphatic rings. The molecule has 0 spiro atoms. The number of hydrogen-bond acceptors (Lipinski definition) is 6. The summed E-state index contributed by atoms with van der Waals surface area (Å²) in [4.78, 5) is 20.9. The van der Waals surface area contributed by atoms with Gasteiger partial charge in [-0.15, -0.1) is 0 Å². The summed E-state index contributed by atoms with van der Waals surface area (Å²) in [6, 6.07) is 17.3. The van der Waals surface area contributed by atoms with E-state index in [1.54, 1.807) is 56.1 Å². The number of ether oxygens (including phenoxy) is 1. The van der Waals surface area contributed by atoms with Crippen LogP contribution in [0.4, 0.5) is 25.1 Å². The molecule has 2 N–H and O–H groups in total. The van der Waals surface area contributed by atoms with Gasteiger partial charge in [-0.2, -0.15) is 0 Å². The van der Waals surface area contributed by atoms with Gasteiger partial charge in [0.2, 0.25) is 10.0 Å². The molecule has 1 amide bonds. The monoisotopic (exact) mass is 617 g/mol. The summed E-state index contributed by atoms with van der Waals surface area (Å²) in [6.07, 6.45) is 3.80. The zero-order chi connectivity index (χ0) is 31.2. The second kappa shape index (κ2) is 11.0. The Hall–Kier alpha value is -4.84. The molecule has 0 aliphatic heterocycles. The van der Waals surface area contributed by atoms with Crippen molar-refractivity contribution in [2.45, 2.75) is 44.5 Å². The van der Waals surface area contributed by atoms with Crippen molar-refractivity contribution < 1.29 is 26.7 Å². The predicted octanol–water partition coefficient (Wildman–Crippen LogP) is 7.28. The highest BCUT2D eigenvalue weighted by Gasteiger charge is 2.35. The van der Waals surface area contributed by atoms with Crippen LogP contribution in [-0.4, -0.2) is 39.9 Å². The molecule has 3 aromatic carbocycles. The van der Waals surface area contributed by atoms with E-state index in [9.17, 15) is 22.0 Å². The van der Waals surface area contributed by atoms with Gasteiger partial charge >= 0.3 is 6.09 Å². The minimum atomic E-state index is -3.60. The number of fused-ring (bicyclic) bond motifs is 1. The van der Waals surface area contributed by atoms with Gasteiger partial charge in [0.05, 0.1) is 22.0 Å². The maximum Gasteiger partial charge on any atom is 0.413 e. The van der Waals surface area contributed by atoms with Crippen molar-refractivity contribution in [1.29, 1.82) is 0 Å². The highest BCUT2D eigenvalue weighted by atomic mass is 32.2. The molecule has 1 aliphatic carbocycles. The Bertz CT molecular complexity index is 2000. The van der Waals surface area contributed by atoms with Gasteiger partial charge in [0.15, 0.2) is 0 Å². The molecule has 5 aromatic rings. The van der Waals surface area contributed by atoms with Crippen molar-refractivity contribution >= 4 is 38.7 Å². The highest BCUT2D eigenvalue weighted by Crippen LogP contribution is 2.34. The van der Waals surface area contributed by atoms with Crippen LogP contribution in [0.1, 0.15) is 33.6 Å². The van der Waals surface area contributed by atoms with Crippen LogP contribution >= 0.6 is 0 Å². The lowest BCUT2D eigenvalue weighted by Crippen LogP contribution is -2.27. The lowest BCUT2D eigenvalue weighted by Gasteiger charge is -2.19. The number of pyridine rings is 1. The fourth-order valence-corrected chi connectivity index (χ4v) is 6.13. The van der Waals surface area contributed by atoms with Gasteiger partial charge in [-0.05, 0) is 99.3 Å². The number of rotatable bonds is 7. The van der Waals surface area contributed by atoms with Crippen LogP contribution in [0.25, 0.3) is 39.0 Å². The normalized spacial score (nSPS) is 13.6. The van der Waals surface area contributed by atoms with E-state index < -0.39 is 38.6 Å². The van der Waals surface area contributed by atoms with Crippen molar-refractivity contribution in [3.8, 4) is 27.9 Å². The SMILES string of the molecule is CC(C)(C)OC(=O)Nc1ccc(-c2ccc3c(c2)ncn3-c2cc(NS(=O)(=O)C3CC3)cc(-c3ccc(F)cc3F)c2)cn1. The predicted molar refractivity (Wildman–Crippen MR) is 165 cm³/mol. The van der Waals surface area contributed by atoms with Gasteiger partial charge in [0.1, 0.15) is 29.4 Å². The Kier molecular flexibility index (Phi) is 7.32. The third kappa shape index (κ3) is 6.40. The molecule has 12 heteroatoms. The molecular weight excluding hydrogens is 588 g/mol. The molecule has 1 fully saturated rings. The van der Waals surface area contributed by atoms with Crippen LogP contribution in [0.2, 0.25) is 0 Å². The molecule has 2 heterocycles. The standard InChI is InChI=1S/C32H29F2N5O4S/c1-32(2,3)43-31(40)37-30-11-5-20(17-35-30)19-4-10-29-28(14-19)36-18-39(29)24-13-21(26-9-6-22(33)15-27(26)34)12-23(16-24)38-44(41,42)25-7-8-25/h4-6,9-18,25,38H,7-8H2,1-3H3,(H,35,37,40). The number of nitrogens with zero attached hydrogens (tertiary/aromatic N) is 3. The molecule has 6 rings (SSSR count). The molecule has 226 valence electrons. The Balaban J connectivity index is 1.33. The van der Waals surface area contributed by atoms with E-state index in [1.807, 2.05) is 24.3 Å². The molecule has 0 bridgehead atoms. The van der Waals surface area contributed by atoms with Crippen molar-refractivity contribution in [2.24, 2.45) is 0 Å². The largest absolute Gasteiger partial charge is 0.444 e. The van der Waals surface area contributed by atoms with Gasteiger partial charge in [0, 0.05) is 29.1 Å². The fourth-order valence-electron chi connectivity index (χ4n) is 4.76. The quantitative estimate of drug-likeness (QED) is 0.198. The number of aromatic nitrogens is 3. The van der Waals surface area contributed by atoms with Crippen LogP contribution < -0.4 is 10.0 Å². The minimum Gasteiger partial charge on any atom is -0.444 e. The van der Waals surface area contributed by atoms with Crippen LogP contribution in [-0.2, 0) is 14.8 Å². The summed E-state index contributed by atoms with van der Waals surface area (Å²) >= 11 is 0. The summed E-state index contributed by atoms with van der Waals surface area (Å²) in [7, 11) is -3.60. The number of hydrogen-bond donors (Lipinski definition) is 2. The number of carbonyl (C=O) groups excluding carboxylic acids is 1. The van der Waals surface area contributed by atoms with Crippen LogP contribution in [0.15, 0.2) is 79.3 Å². The fraction of sp³-hybridized carbons (Fsp3) is 0.219. The van der Waals surface area contributed by atoms with Gasteiger partial charge in [-0.1, -0.05) is 6.07 Å². The van der Waals surface area contributed by atoms with Crippen LogP contribution in [0, 0.1) is 11.6 Å². The summed E-state index contributed by atoms with van der Waals surface area (Å²) < 4.78 is 63.6. The lowest BCUT2D eigenvalue weighted by molar-refractivity contribution is 0.0635. The van der Waals surface area contributed by atoms with Gasteiger partial charge in [-0.3, -0.25) is 14.6 Å². The van der Waals surface area contributed by atoms with Crippen molar-refractivity contribution in [3.05, 3.63) is 90.9 Å². The van der Waals surface area contributed by atoms with Gasteiger partial charge in [-0.25, -0.2) is 32.0 Å². The summed E-state index contributed by atoms with van der Waals surface area (Å²) in [5.41, 5.74) is 3.66. The van der Waals surface area contributed by atoms with Crippen molar-refractivity contribution in [3.63, 3.8) is 0 Å². The van der Waals surface area contributed by atoms with E-state index >= 15 is 0 Å². The molecule has 1 saturated carbocycles. The topological polar surface area (TPSA) is 115 Å². The van der Waals surface area contributed by atoms with E-state index in [-0.39, 0.29) is 11.3 Å². The summed E-state index contributed by atoms with van der Waals surface area (Å²) in [5, 5.41) is 2.15. The second-order valence-electron chi connectivity index (χ2n) is 11.6. The number of amides is 1. The minimum absolute atomic E-state index is 0.129. The number of carbonyl (C=O) groups is 1. The number of benzene rings is 3. The number of anilines is 2. The average molecular weight is 618 g/mol. The summed E-state index contributed by atoms with van der Waals surface area (Å²) in [6.45, 7) is 5.33. The highest BCUT2D eigenvalue weighted by molar-refractivity contribution is 7.93. The Morgan fingerprint density at radius 3 is 2.39 bits per heavy atom. The molecule has 2 aromatic heterocycles. The average Bonchev–Trinajstić information content (AvgIpc) is 3.72. The third-order valence-electron chi connectivity index (χ3n) is 6.93. The first-order chi connectivity index (χ1) is 20.8. The van der Waals surface area contributed by atoms with Gasteiger partial charge < -0.3 is 4.74 Å². The number of halogens is 2. The Labute approximate surface area is 253 Å². The maximum absolute atomic E-state index is 14.8. The van der Waals surface area contributed by atoms with E-state index in [4.69, 9.17) is 4.74 Å². The molecule has 0 atom stereocenters. The third-order valence-corrected chi connectivity index (χ3v) is 8.80. The van der Waals surface area contributed by atoms with Crippen LogP contribution in [0.5, 0.6) is 0 Å². The molecular formula is C32H29F2N5O4S. The van der Waals surface area contributed by atoms with E-state index in [0.29, 0.717) is 35.4 Å². The first kappa shape index (κ1) is 29.2. The molecule has 9 nitrogen and oxygen atoms in total. The smallest absolute Gasteiger partial charge is 0.413 e. The van der Waals surface area contributed by atoms with Crippen molar-refractivity contribution in [2.75, 3.05) is 10.0 Å². The zero-order valence-electron chi connectivity index (χ0n) is 24.1. The number of imidazole rings is 1. The van der Waals surface area contributed by atoms with Gasteiger partial charge in [0.25, 0.3) is 0 Å². The number of nitrogens with one attached hydrogen (secondary N) is 2. The van der Waals surface area contributed by atoms with E-state index in [0.717, 1.165) is 28.8 Å². The van der Waals surface area contributed by atoms with E-state index in [2.05, 4.69) is 20.0 Å². The first-order valence-electron chi connectivity index (χ1n) is 13.9. The Morgan fingerprint density at radius 2 is 1.70 bits per heavy atom. The molecule has 0 saturated heterocycles. The lowest BCUT2D eigenvalue weighted by atomic mass is 10.0. The first-order valence-corrected chi connectivity index (χ1v) is 15.5. The van der Waals surface area contributed by atoms with Crippen LogP contribution in [0.3, 0.4) is 0 Å². The second-order valence-corrected chi connectivity index (χ2v) is 13.6. The maximum atomic E-state index is 14.8. The Morgan fingerprint density at radius 1 is 0.932 bits per heavy atom. The molecule has 0 unspecified atom stereocenters. The zero-order valence-corrected chi connectivity index (χ0v) is 25.0. The summed E-state index contributed by atoms with van der Waals surface area (Å²) in [5.74, 6) is -1.13.